The van der Waals surface area contributed by atoms with Crippen LogP contribution in [-0.4, -0.2) is 39.3 Å². The van der Waals surface area contributed by atoms with E-state index in [1.807, 2.05) is 6.92 Å². The molecule has 0 saturated heterocycles. The van der Waals surface area contributed by atoms with E-state index >= 15 is 0 Å². The highest BCUT2D eigenvalue weighted by Crippen LogP contribution is 2.17. The van der Waals surface area contributed by atoms with Gasteiger partial charge in [0, 0.05) is 10.7 Å². The lowest BCUT2D eigenvalue weighted by atomic mass is 10.3. The first kappa shape index (κ1) is 21.7. The number of carbonyl (C=O) groups excluding carboxylic acids is 2. The first-order valence-electron chi connectivity index (χ1n) is 8.47. The van der Waals surface area contributed by atoms with Crippen molar-refractivity contribution in [3.8, 4) is 5.75 Å². The maximum atomic E-state index is 12.2. The molecular formula is C19H20ClNO6S. The topological polar surface area (TPSA) is 98.8 Å². The molecule has 2 aromatic carbocycles. The molecule has 1 N–H and O–H groups in total. The summed E-state index contributed by atoms with van der Waals surface area (Å²) in [6.07, 6.45) is -0.360. The molecule has 0 bridgehead atoms. The molecule has 7 nitrogen and oxygen atoms in total. The zero-order valence-corrected chi connectivity index (χ0v) is 16.8. The van der Waals surface area contributed by atoms with Crippen molar-refractivity contribution in [2.75, 3.05) is 24.3 Å². The maximum Gasteiger partial charge on any atom is 0.307 e. The van der Waals surface area contributed by atoms with Crippen molar-refractivity contribution < 1.29 is 27.5 Å². The molecule has 28 heavy (non-hydrogen) atoms. The molecule has 0 aliphatic carbocycles. The van der Waals surface area contributed by atoms with Gasteiger partial charge in [-0.05, 0) is 55.5 Å². The van der Waals surface area contributed by atoms with Crippen LogP contribution in [0.15, 0.2) is 53.4 Å². The SMILES string of the molecule is CCOc1ccc(NC(=O)COC(=O)CCS(=O)(=O)c2ccc(Cl)cc2)cc1. The van der Waals surface area contributed by atoms with Crippen LogP contribution in [0.5, 0.6) is 5.75 Å². The fraction of sp³-hybridized carbons (Fsp3) is 0.263. The molecule has 0 aromatic heterocycles. The Kier molecular flexibility index (Phi) is 7.83. The van der Waals surface area contributed by atoms with Crippen LogP contribution in [0.2, 0.25) is 5.02 Å². The summed E-state index contributed by atoms with van der Waals surface area (Å²) in [6, 6.07) is 12.4. The van der Waals surface area contributed by atoms with Gasteiger partial charge in [-0.15, -0.1) is 0 Å². The summed E-state index contributed by atoms with van der Waals surface area (Å²) in [5, 5.41) is 2.98. The van der Waals surface area contributed by atoms with E-state index in [0.29, 0.717) is 23.1 Å². The Hall–Kier alpha value is -2.58. The van der Waals surface area contributed by atoms with E-state index in [0.717, 1.165) is 0 Å². The number of anilines is 1. The molecule has 0 radical (unpaired) electrons. The Morgan fingerprint density at radius 1 is 1.04 bits per heavy atom. The minimum atomic E-state index is -3.64. The van der Waals surface area contributed by atoms with Gasteiger partial charge in [0.05, 0.1) is 23.7 Å². The zero-order valence-electron chi connectivity index (χ0n) is 15.2. The van der Waals surface area contributed by atoms with E-state index in [-0.39, 0.29) is 11.3 Å². The number of rotatable bonds is 9. The van der Waals surface area contributed by atoms with E-state index in [2.05, 4.69) is 5.32 Å². The second kappa shape index (κ2) is 10.1. The minimum absolute atomic E-state index is 0.0675. The lowest BCUT2D eigenvalue weighted by Crippen LogP contribution is -2.22. The van der Waals surface area contributed by atoms with Crippen LogP contribution in [-0.2, 0) is 24.2 Å². The second-order valence-electron chi connectivity index (χ2n) is 5.69. The van der Waals surface area contributed by atoms with E-state index in [4.69, 9.17) is 21.1 Å². The smallest absolute Gasteiger partial charge is 0.307 e. The van der Waals surface area contributed by atoms with Crippen molar-refractivity contribution in [3.63, 3.8) is 0 Å². The predicted octanol–water partition coefficient (Wildman–Crippen LogP) is 3.08. The van der Waals surface area contributed by atoms with Crippen molar-refractivity contribution in [2.24, 2.45) is 0 Å². The lowest BCUT2D eigenvalue weighted by molar-refractivity contribution is -0.146. The van der Waals surface area contributed by atoms with Crippen LogP contribution in [0.3, 0.4) is 0 Å². The normalized spacial score (nSPS) is 10.9. The monoisotopic (exact) mass is 425 g/mol. The molecule has 0 aliphatic rings. The minimum Gasteiger partial charge on any atom is -0.494 e. The second-order valence-corrected chi connectivity index (χ2v) is 8.23. The molecule has 0 atom stereocenters. The van der Waals surface area contributed by atoms with Crippen LogP contribution in [0.1, 0.15) is 13.3 Å². The van der Waals surface area contributed by atoms with Gasteiger partial charge in [-0.2, -0.15) is 0 Å². The fourth-order valence-corrected chi connectivity index (χ4v) is 3.54. The number of carbonyl (C=O) groups is 2. The molecule has 150 valence electrons. The highest BCUT2D eigenvalue weighted by molar-refractivity contribution is 7.91. The number of halogens is 1. The maximum absolute atomic E-state index is 12.2. The van der Waals surface area contributed by atoms with Crippen LogP contribution in [0, 0.1) is 0 Å². The Balaban J connectivity index is 1.77. The van der Waals surface area contributed by atoms with Crippen molar-refractivity contribution >= 4 is 39.0 Å². The average molecular weight is 426 g/mol. The van der Waals surface area contributed by atoms with Crippen molar-refractivity contribution in [1.29, 1.82) is 0 Å². The van der Waals surface area contributed by atoms with Gasteiger partial charge in [-0.25, -0.2) is 8.42 Å². The molecule has 1 amide bonds. The average Bonchev–Trinajstić information content (AvgIpc) is 2.67. The predicted molar refractivity (Wildman–Crippen MR) is 105 cm³/mol. The number of benzene rings is 2. The zero-order chi connectivity index (χ0) is 20.6. The quantitative estimate of drug-likeness (QED) is 0.620. The molecular weight excluding hydrogens is 406 g/mol. The van der Waals surface area contributed by atoms with Gasteiger partial charge in [-0.1, -0.05) is 11.6 Å². The van der Waals surface area contributed by atoms with Crippen molar-refractivity contribution in [1.82, 2.24) is 0 Å². The lowest BCUT2D eigenvalue weighted by Gasteiger charge is -2.08. The summed E-state index contributed by atoms with van der Waals surface area (Å²) >= 11 is 5.73. The number of hydrogen-bond acceptors (Lipinski definition) is 6. The molecule has 0 saturated carbocycles. The van der Waals surface area contributed by atoms with E-state index in [1.165, 1.54) is 24.3 Å². The van der Waals surface area contributed by atoms with Gasteiger partial charge >= 0.3 is 5.97 Å². The molecule has 2 aromatic rings. The molecule has 0 heterocycles. The molecule has 0 unspecified atom stereocenters. The van der Waals surface area contributed by atoms with Crippen molar-refractivity contribution in [3.05, 3.63) is 53.6 Å². The fourth-order valence-electron chi connectivity index (χ4n) is 2.19. The summed E-state index contributed by atoms with van der Waals surface area (Å²) in [4.78, 5) is 23.6. The van der Waals surface area contributed by atoms with Crippen LogP contribution >= 0.6 is 11.6 Å². The van der Waals surface area contributed by atoms with E-state index < -0.39 is 34.1 Å². The Labute approximate surface area is 168 Å². The molecule has 9 heteroatoms. The third-order valence-electron chi connectivity index (χ3n) is 3.56. The van der Waals surface area contributed by atoms with Gasteiger partial charge < -0.3 is 14.8 Å². The Morgan fingerprint density at radius 2 is 1.68 bits per heavy atom. The van der Waals surface area contributed by atoms with Gasteiger partial charge in [0.25, 0.3) is 5.91 Å². The van der Waals surface area contributed by atoms with Gasteiger partial charge in [0.15, 0.2) is 16.4 Å². The molecule has 0 aliphatic heterocycles. The number of nitrogens with one attached hydrogen (secondary N) is 1. The van der Waals surface area contributed by atoms with Crippen LogP contribution in [0.4, 0.5) is 5.69 Å². The number of hydrogen-bond donors (Lipinski definition) is 1. The summed E-state index contributed by atoms with van der Waals surface area (Å²) in [7, 11) is -3.64. The van der Waals surface area contributed by atoms with Crippen LogP contribution in [0.25, 0.3) is 0 Å². The summed E-state index contributed by atoms with van der Waals surface area (Å²) in [6.45, 7) is 1.90. The van der Waals surface area contributed by atoms with Gasteiger partial charge in [0.2, 0.25) is 0 Å². The first-order valence-corrected chi connectivity index (χ1v) is 10.5. The summed E-state index contributed by atoms with van der Waals surface area (Å²) in [5.74, 6) is -1.06. The van der Waals surface area contributed by atoms with Crippen molar-refractivity contribution in [2.45, 2.75) is 18.2 Å². The number of ether oxygens (including phenoxy) is 2. The third kappa shape index (κ3) is 6.86. The van der Waals surface area contributed by atoms with E-state index in [9.17, 15) is 18.0 Å². The first-order chi connectivity index (χ1) is 13.3. The molecule has 0 spiro atoms. The van der Waals surface area contributed by atoms with Gasteiger partial charge in [0.1, 0.15) is 5.75 Å². The number of sulfone groups is 1. The Morgan fingerprint density at radius 3 is 2.29 bits per heavy atom. The highest BCUT2D eigenvalue weighted by Gasteiger charge is 2.17. The summed E-state index contributed by atoms with van der Waals surface area (Å²) < 4.78 is 34.4. The molecule has 0 fully saturated rings. The summed E-state index contributed by atoms with van der Waals surface area (Å²) in [5.41, 5.74) is 0.523. The van der Waals surface area contributed by atoms with Crippen LogP contribution < -0.4 is 10.1 Å². The number of amides is 1. The third-order valence-corrected chi connectivity index (χ3v) is 5.54. The Bertz CT molecular complexity index is 910. The standard InChI is InChI=1S/C19H20ClNO6S/c1-2-26-16-7-5-15(6-8-16)21-18(22)13-27-19(23)11-12-28(24,25)17-9-3-14(20)4-10-17/h3-10H,2,11-13H2,1H3,(H,21,22). The number of esters is 1. The van der Waals surface area contributed by atoms with Gasteiger partial charge in [-0.3, -0.25) is 9.59 Å². The van der Waals surface area contributed by atoms with E-state index in [1.54, 1.807) is 24.3 Å². The largest absolute Gasteiger partial charge is 0.494 e. The highest BCUT2D eigenvalue weighted by atomic mass is 35.5. The molecule has 2 rings (SSSR count).